The van der Waals surface area contributed by atoms with Gasteiger partial charge in [-0.1, -0.05) is 6.42 Å². The lowest BCUT2D eigenvalue weighted by atomic mass is 9.88. The van der Waals surface area contributed by atoms with Gasteiger partial charge in [0.1, 0.15) is 0 Å². The standard InChI is InChI=1S/C7H14O2/c8-5-6-2-1-3-7(9)4-6/h6-9H,1-5H2/t6-,7+/m0/s1. The maximum atomic E-state index is 9.10. The van der Waals surface area contributed by atoms with E-state index in [1.54, 1.807) is 0 Å². The van der Waals surface area contributed by atoms with Gasteiger partial charge in [-0.05, 0) is 25.2 Å². The van der Waals surface area contributed by atoms with Crippen LogP contribution in [0.1, 0.15) is 25.7 Å². The summed E-state index contributed by atoms with van der Waals surface area (Å²) >= 11 is 0. The van der Waals surface area contributed by atoms with Crippen molar-refractivity contribution < 1.29 is 10.2 Å². The van der Waals surface area contributed by atoms with Crippen molar-refractivity contribution in [2.45, 2.75) is 31.8 Å². The van der Waals surface area contributed by atoms with Gasteiger partial charge in [-0.3, -0.25) is 0 Å². The first-order chi connectivity index (χ1) is 4.33. The van der Waals surface area contributed by atoms with Gasteiger partial charge in [0, 0.05) is 6.61 Å². The molecule has 1 rings (SSSR count). The second-order valence-electron chi connectivity index (χ2n) is 2.87. The first-order valence-corrected chi connectivity index (χ1v) is 3.62. The summed E-state index contributed by atoms with van der Waals surface area (Å²) in [6.45, 7) is 0.247. The van der Waals surface area contributed by atoms with Crippen LogP contribution < -0.4 is 0 Å². The molecule has 54 valence electrons. The molecule has 1 aliphatic rings. The van der Waals surface area contributed by atoms with Gasteiger partial charge in [0.15, 0.2) is 0 Å². The molecule has 0 aromatic heterocycles. The van der Waals surface area contributed by atoms with E-state index in [1.807, 2.05) is 0 Å². The molecule has 9 heavy (non-hydrogen) atoms. The summed E-state index contributed by atoms with van der Waals surface area (Å²) in [7, 11) is 0. The van der Waals surface area contributed by atoms with Gasteiger partial charge in [-0.15, -0.1) is 0 Å². The number of rotatable bonds is 1. The molecule has 0 unspecified atom stereocenters. The van der Waals surface area contributed by atoms with Crippen LogP contribution in [0.15, 0.2) is 0 Å². The third-order valence-electron chi connectivity index (χ3n) is 2.01. The zero-order chi connectivity index (χ0) is 6.69. The van der Waals surface area contributed by atoms with Crippen molar-refractivity contribution in [2.75, 3.05) is 6.61 Å². The Kier molecular flexibility index (Phi) is 2.49. The van der Waals surface area contributed by atoms with Crippen LogP contribution in [0.4, 0.5) is 0 Å². The van der Waals surface area contributed by atoms with Crippen molar-refractivity contribution in [3.63, 3.8) is 0 Å². The quantitative estimate of drug-likeness (QED) is 0.543. The van der Waals surface area contributed by atoms with Crippen molar-refractivity contribution >= 4 is 0 Å². The van der Waals surface area contributed by atoms with Crippen molar-refractivity contribution in [1.82, 2.24) is 0 Å². The predicted molar refractivity (Wildman–Crippen MR) is 35.1 cm³/mol. The topological polar surface area (TPSA) is 40.5 Å². The number of aliphatic hydroxyl groups is 2. The van der Waals surface area contributed by atoms with Crippen LogP contribution in [0.2, 0.25) is 0 Å². The molecule has 0 bridgehead atoms. The minimum absolute atomic E-state index is 0.143. The first kappa shape index (κ1) is 7.03. The van der Waals surface area contributed by atoms with Crippen LogP contribution in [0, 0.1) is 5.92 Å². The summed E-state index contributed by atoms with van der Waals surface area (Å²) < 4.78 is 0. The van der Waals surface area contributed by atoms with Crippen LogP contribution in [-0.2, 0) is 0 Å². The molecule has 0 saturated heterocycles. The molecule has 1 fully saturated rings. The molecule has 1 aliphatic carbocycles. The summed E-state index contributed by atoms with van der Waals surface area (Å²) in [5, 5.41) is 17.8. The predicted octanol–water partition coefficient (Wildman–Crippen LogP) is 0.530. The summed E-state index contributed by atoms with van der Waals surface area (Å²) in [6.07, 6.45) is 3.75. The Hall–Kier alpha value is -0.0800. The maximum absolute atomic E-state index is 9.10. The van der Waals surface area contributed by atoms with Gasteiger partial charge >= 0.3 is 0 Å². The highest BCUT2D eigenvalue weighted by molar-refractivity contribution is 4.70. The first-order valence-electron chi connectivity index (χ1n) is 3.62. The van der Waals surface area contributed by atoms with E-state index >= 15 is 0 Å². The van der Waals surface area contributed by atoms with Gasteiger partial charge in [0.05, 0.1) is 6.10 Å². The minimum Gasteiger partial charge on any atom is -0.396 e. The molecule has 0 aliphatic heterocycles. The van der Waals surface area contributed by atoms with E-state index < -0.39 is 0 Å². The average molecular weight is 130 g/mol. The number of hydrogen-bond donors (Lipinski definition) is 2. The van der Waals surface area contributed by atoms with Crippen LogP contribution in [0.25, 0.3) is 0 Å². The maximum Gasteiger partial charge on any atom is 0.0543 e. The van der Waals surface area contributed by atoms with Crippen LogP contribution in [0.3, 0.4) is 0 Å². The molecule has 0 heterocycles. The van der Waals surface area contributed by atoms with Gasteiger partial charge < -0.3 is 10.2 Å². The summed E-state index contributed by atoms with van der Waals surface area (Å²) in [5.41, 5.74) is 0. The molecule has 0 spiro atoms. The van der Waals surface area contributed by atoms with E-state index in [1.165, 1.54) is 0 Å². The Morgan fingerprint density at radius 1 is 1.33 bits per heavy atom. The second-order valence-corrected chi connectivity index (χ2v) is 2.87. The SMILES string of the molecule is OC[C@H]1CCC[C@@H](O)C1. The second kappa shape index (κ2) is 3.18. The fraction of sp³-hybridized carbons (Fsp3) is 1.00. The minimum atomic E-state index is -0.143. The molecule has 2 atom stereocenters. The van der Waals surface area contributed by atoms with E-state index in [0.29, 0.717) is 5.92 Å². The molecule has 0 radical (unpaired) electrons. The Morgan fingerprint density at radius 2 is 2.11 bits per heavy atom. The van der Waals surface area contributed by atoms with Crippen molar-refractivity contribution in [1.29, 1.82) is 0 Å². The fourth-order valence-electron chi connectivity index (χ4n) is 1.43. The lowest BCUT2D eigenvalue weighted by Gasteiger charge is -2.23. The van der Waals surface area contributed by atoms with E-state index in [9.17, 15) is 0 Å². The normalized spacial score (nSPS) is 36.7. The third kappa shape index (κ3) is 1.95. The van der Waals surface area contributed by atoms with Gasteiger partial charge in [-0.25, -0.2) is 0 Å². The number of aliphatic hydroxyl groups excluding tert-OH is 2. The summed E-state index contributed by atoms with van der Waals surface area (Å²) in [4.78, 5) is 0. The molecule has 0 aromatic rings. The van der Waals surface area contributed by atoms with Gasteiger partial charge in [0.2, 0.25) is 0 Å². The van der Waals surface area contributed by atoms with E-state index in [2.05, 4.69) is 0 Å². The van der Waals surface area contributed by atoms with E-state index in [0.717, 1.165) is 25.7 Å². The van der Waals surface area contributed by atoms with Crippen molar-refractivity contribution in [3.05, 3.63) is 0 Å². The highest BCUT2D eigenvalue weighted by Crippen LogP contribution is 2.23. The molecule has 2 heteroatoms. The van der Waals surface area contributed by atoms with Gasteiger partial charge in [-0.2, -0.15) is 0 Å². The fourth-order valence-corrected chi connectivity index (χ4v) is 1.43. The highest BCUT2D eigenvalue weighted by Gasteiger charge is 2.18. The Morgan fingerprint density at radius 3 is 2.56 bits per heavy atom. The van der Waals surface area contributed by atoms with Crippen LogP contribution >= 0.6 is 0 Å². The van der Waals surface area contributed by atoms with Crippen molar-refractivity contribution in [2.24, 2.45) is 5.92 Å². The smallest absolute Gasteiger partial charge is 0.0543 e. The molecule has 1 saturated carbocycles. The third-order valence-corrected chi connectivity index (χ3v) is 2.01. The van der Waals surface area contributed by atoms with Crippen LogP contribution in [0.5, 0.6) is 0 Å². The lowest BCUT2D eigenvalue weighted by Crippen LogP contribution is -2.21. The zero-order valence-corrected chi connectivity index (χ0v) is 5.58. The average Bonchev–Trinajstić information content (AvgIpc) is 1.88. The summed E-state index contributed by atoms with van der Waals surface area (Å²) in [5.74, 6) is 0.369. The molecule has 2 N–H and O–H groups in total. The Labute approximate surface area is 55.5 Å². The Bertz CT molecular complexity index is 83.0. The van der Waals surface area contributed by atoms with Crippen molar-refractivity contribution in [3.8, 4) is 0 Å². The number of hydrogen-bond acceptors (Lipinski definition) is 2. The molecule has 2 nitrogen and oxygen atoms in total. The molecule has 0 amide bonds. The van der Waals surface area contributed by atoms with Gasteiger partial charge in [0.25, 0.3) is 0 Å². The monoisotopic (exact) mass is 130 g/mol. The largest absolute Gasteiger partial charge is 0.396 e. The zero-order valence-electron chi connectivity index (χ0n) is 5.58. The van der Waals surface area contributed by atoms with E-state index in [4.69, 9.17) is 10.2 Å². The molecular weight excluding hydrogens is 116 g/mol. The molecular formula is C7H14O2. The lowest BCUT2D eigenvalue weighted by molar-refractivity contribution is 0.0757. The van der Waals surface area contributed by atoms with Crippen LogP contribution in [-0.4, -0.2) is 22.9 Å². The van der Waals surface area contributed by atoms with E-state index in [-0.39, 0.29) is 12.7 Å². The Balaban J connectivity index is 2.23. The molecule has 0 aromatic carbocycles. The highest BCUT2D eigenvalue weighted by atomic mass is 16.3. The summed E-state index contributed by atoms with van der Waals surface area (Å²) in [6, 6.07) is 0.